The van der Waals surface area contributed by atoms with E-state index in [0.29, 0.717) is 18.5 Å². The van der Waals surface area contributed by atoms with Crippen molar-refractivity contribution < 1.29 is 47.9 Å². The Morgan fingerprint density at radius 2 is 1.78 bits per heavy atom. The van der Waals surface area contributed by atoms with Gasteiger partial charge in [0.05, 0.1) is 17.8 Å². The van der Waals surface area contributed by atoms with E-state index in [0.717, 1.165) is 0 Å². The van der Waals surface area contributed by atoms with Gasteiger partial charge in [0.25, 0.3) is 0 Å². The van der Waals surface area contributed by atoms with Gasteiger partial charge < -0.3 is 35.5 Å². The zero-order chi connectivity index (χ0) is 24.7. The molecule has 1 unspecified atom stereocenters. The fourth-order valence-electron chi connectivity index (χ4n) is 2.04. The molecule has 0 rings (SSSR count). The van der Waals surface area contributed by atoms with Gasteiger partial charge >= 0.3 is 23.9 Å². The molecule has 0 spiro atoms. The number of carbonyl (C=O) groups is 6. The van der Waals surface area contributed by atoms with Crippen LogP contribution in [0, 0.1) is 0 Å². The molecular formula is C17H26BrN3O10S. The number of carboxylic acids is 2. The fraction of sp³-hybridized carbons (Fsp3) is 0.647. The topological polar surface area (TPSA) is 211 Å². The summed E-state index contributed by atoms with van der Waals surface area (Å²) in [7, 11) is 0. The first kappa shape index (κ1) is 29.6. The van der Waals surface area contributed by atoms with Gasteiger partial charge in [-0.25, -0.2) is 4.79 Å². The Morgan fingerprint density at radius 3 is 2.31 bits per heavy atom. The van der Waals surface area contributed by atoms with Gasteiger partial charge in [-0.05, 0) is 12.8 Å². The second-order valence-electron chi connectivity index (χ2n) is 6.30. The Balaban J connectivity index is 4.93. The van der Waals surface area contributed by atoms with Crippen molar-refractivity contribution in [2.24, 2.45) is 5.73 Å². The third kappa shape index (κ3) is 13.1. The van der Waals surface area contributed by atoms with Gasteiger partial charge in [0.2, 0.25) is 11.8 Å². The quantitative estimate of drug-likeness (QED) is 0.0915. The number of aliphatic carboxylic acids is 2. The number of carbonyl (C=O) groups excluding carboxylic acids is 4. The van der Waals surface area contributed by atoms with E-state index in [9.17, 15) is 28.8 Å². The Kier molecular flexibility index (Phi) is 15.1. The van der Waals surface area contributed by atoms with E-state index in [-0.39, 0.29) is 30.3 Å². The van der Waals surface area contributed by atoms with Crippen LogP contribution in [0.2, 0.25) is 0 Å². The SMILES string of the molecule is CCCC(OC(=O)CBr)C(=O)OSC[C@H](NC(=O)CC[C@H](N)C(=O)O)C(=O)NCC(=O)O. The number of nitrogens with one attached hydrogen (secondary N) is 2. The Labute approximate surface area is 196 Å². The third-order valence-corrected chi connectivity index (χ3v) is 4.85. The summed E-state index contributed by atoms with van der Waals surface area (Å²) in [6, 6.07) is -2.57. The molecule has 0 fully saturated rings. The van der Waals surface area contributed by atoms with Crippen LogP contribution in [0.15, 0.2) is 0 Å². The van der Waals surface area contributed by atoms with Crippen molar-refractivity contribution in [3.05, 3.63) is 0 Å². The molecule has 6 N–H and O–H groups in total. The average Bonchev–Trinajstić information content (AvgIpc) is 2.74. The number of ether oxygens (including phenoxy) is 1. The molecule has 0 aromatic carbocycles. The first-order chi connectivity index (χ1) is 15.0. The maximum absolute atomic E-state index is 12.2. The summed E-state index contributed by atoms with van der Waals surface area (Å²) in [5.74, 6) is -6.00. The lowest BCUT2D eigenvalue weighted by atomic mass is 10.1. The van der Waals surface area contributed by atoms with Gasteiger partial charge in [-0.2, -0.15) is 0 Å². The molecule has 0 saturated carbocycles. The number of halogens is 1. The molecule has 13 nitrogen and oxygen atoms in total. The van der Waals surface area contributed by atoms with Crippen LogP contribution in [0.3, 0.4) is 0 Å². The molecule has 15 heteroatoms. The summed E-state index contributed by atoms with van der Waals surface area (Å²) >= 11 is 3.41. The van der Waals surface area contributed by atoms with E-state index < -0.39 is 60.4 Å². The van der Waals surface area contributed by atoms with Crippen molar-refractivity contribution in [2.45, 2.75) is 50.8 Å². The molecule has 0 aliphatic heterocycles. The maximum atomic E-state index is 12.2. The van der Waals surface area contributed by atoms with Gasteiger partial charge in [0, 0.05) is 6.42 Å². The molecule has 32 heavy (non-hydrogen) atoms. The lowest BCUT2D eigenvalue weighted by Gasteiger charge is -2.19. The first-order valence-electron chi connectivity index (χ1n) is 9.37. The van der Waals surface area contributed by atoms with Crippen LogP contribution >= 0.6 is 28.0 Å². The van der Waals surface area contributed by atoms with Crippen LogP contribution in [0.4, 0.5) is 0 Å². The molecule has 2 amide bonds. The molecule has 0 saturated heterocycles. The van der Waals surface area contributed by atoms with Crippen molar-refractivity contribution in [1.82, 2.24) is 10.6 Å². The van der Waals surface area contributed by atoms with Crippen LogP contribution in [-0.4, -0.2) is 81.7 Å². The van der Waals surface area contributed by atoms with Crippen LogP contribution in [0.1, 0.15) is 32.6 Å². The van der Waals surface area contributed by atoms with Crippen molar-refractivity contribution >= 4 is 63.7 Å². The lowest BCUT2D eigenvalue weighted by molar-refractivity contribution is -0.160. The van der Waals surface area contributed by atoms with Gasteiger partial charge in [0.1, 0.15) is 24.0 Å². The minimum atomic E-state index is -1.31. The summed E-state index contributed by atoms with van der Waals surface area (Å²) in [6.07, 6.45) is -0.911. The van der Waals surface area contributed by atoms with Gasteiger partial charge in [-0.3, -0.25) is 24.0 Å². The molecule has 182 valence electrons. The number of hydrogen-bond donors (Lipinski definition) is 5. The van der Waals surface area contributed by atoms with Crippen molar-refractivity contribution in [2.75, 3.05) is 17.6 Å². The largest absolute Gasteiger partial charge is 0.480 e. The minimum absolute atomic E-state index is 0.114. The minimum Gasteiger partial charge on any atom is -0.480 e. The van der Waals surface area contributed by atoms with Gasteiger partial charge in [-0.1, -0.05) is 29.3 Å². The number of hydrogen-bond acceptors (Lipinski definition) is 10. The van der Waals surface area contributed by atoms with Crippen LogP contribution in [0.5, 0.6) is 0 Å². The molecule has 0 aliphatic carbocycles. The van der Waals surface area contributed by atoms with Crippen molar-refractivity contribution in [1.29, 1.82) is 0 Å². The zero-order valence-electron chi connectivity index (χ0n) is 17.2. The van der Waals surface area contributed by atoms with E-state index in [2.05, 4.69) is 26.6 Å². The maximum Gasteiger partial charge on any atom is 0.359 e. The first-order valence-corrected chi connectivity index (χ1v) is 11.4. The molecule has 0 aromatic rings. The number of rotatable bonds is 16. The Hall–Kier alpha value is -2.39. The molecule has 0 aliphatic rings. The number of alkyl halides is 1. The molecule has 0 radical (unpaired) electrons. The Morgan fingerprint density at radius 1 is 1.12 bits per heavy atom. The lowest BCUT2D eigenvalue weighted by Crippen LogP contribution is -2.49. The normalized spacial score (nSPS) is 13.2. The van der Waals surface area contributed by atoms with E-state index in [4.69, 9.17) is 24.9 Å². The zero-order valence-corrected chi connectivity index (χ0v) is 19.6. The highest BCUT2D eigenvalue weighted by Gasteiger charge is 2.27. The number of amides is 2. The summed E-state index contributed by atoms with van der Waals surface area (Å²) in [4.78, 5) is 69.1. The molecule has 0 aromatic heterocycles. The van der Waals surface area contributed by atoms with Crippen LogP contribution in [-0.2, 0) is 37.7 Å². The Bertz CT molecular complexity index is 693. The summed E-state index contributed by atoms with van der Waals surface area (Å²) in [5.41, 5.74) is 5.32. The highest BCUT2D eigenvalue weighted by atomic mass is 79.9. The average molecular weight is 544 g/mol. The highest BCUT2D eigenvalue weighted by Crippen LogP contribution is 2.13. The van der Waals surface area contributed by atoms with Crippen LogP contribution < -0.4 is 16.4 Å². The van der Waals surface area contributed by atoms with E-state index >= 15 is 0 Å². The number of esters is 1. The van der Waals surface area contributed by atoms with Gasteiger partial charge in [-0.15, -0.1) is 0 Å². The predicted octanol–water partition coefficient (Wildman–Crippen LogP) is -0.838. The summed E-state index contributed by atoms with van der Waals surface area (Å²) in [6.45, 7) is 1.06. The van der Waals surface area contributed by atoms with Gasteiger partial charge in [0.15, 0.2) is 6.10 Å². The number of nitrogens with two attached hydrogens (primary N) is 1. The predicted molar refractivity (Wildman–Crippen MR) is 115 cm³/mol. The molecule has 0 heterocycles. The molecule has 3 atom stereocenters. The van der Waals surface area contributed by atoms with Crippen molar-refractivity contribution in [3.8, 4) is 0 Å². The standard InChI is InChI=1S/C17H26BrN3O10S/c1-2-3-11(30-14(25)6-18)17(29)31-32-8-10(15(26)20-7-13(23)24)21-12(22)5-4-9(19)16(27)28/h9-11H,2-8,19H2,1H3,(H,20,26)(H,21,22)(H,23,24)(H,27,28)/t9-,10-,11?/m0/s1. The molecule has 0 bridgehead atoms. The highest BCUT2D eigenvalue weighted by molar-refractivity contribution is 9.09. The molecular weight excluding hydrogens is 518 g/mol. The monoisotopic (exact) mass is 543 g/mol. The van der Waals surface area contributed by atoms with E-state index in [1.54, 1.807) is 6.92 Å². The third-order valence-electron chi connectivity index (χ3n) is 3.64. The van der Waals surface area contributed by atoms with Crippen LogP contribution in [0.25, 0.3) is 0 Å². The second kappa shape index (κ2) is 16.3. The summed E-state index contributed by atoms with van der Waals surface area (Å²) in [5, 5.41) is 21.7. The van der Waals surface area contributed by atoms with Crippen molar-refractivity contribution in [3.63, 3.8) is 0 Å². The summed E-state index contributed by atoms with van der Waals surface area (Å²) < 4.78 is 9.92. The number of carboxylic acid groups (broad SMARTS) is 2. The van der Waals surface area contributed by atoms with E-state index in [1.165, 1.54) is 0 Å². The fourth-order valence-corrected chi connectivity index (χ4v) is 2.83. The smallest absolute Gasteiger partial charge is 0.359 e. The van der Waals surface area contributed by atoms with E-state index in [1.807, 2.05) is 0 Å². The second-order valence-corrected chi connectivity index (χ2v) is 7.60.